The molecule has 16 heavy (non-hydrogen) atoms. The molecule has 1 heterocycles. The van der Waals surface area contributed by atoms with Crippen LogP contribution in [0, 0.1) is 0 Å². The van der Waals surface area contributed by atoms with E-state index in [-0.39, 0.29) is 6.10 Å². The fourth-order valence-electron chi connectivity index (χ4n) is 2.19. The highest BCUT2D eigenvalue weighted by Gasteiger charge is 2.25. The lowest BCUT2D eigenvalue weighted by molar-refractivity contribution is 0.118. The van der Waals surface area contributed by atoms with E-state index in [0.29, 0.717) is 11.1 Å². The number of ether oxygens (including phenoxy) is 1. The number of aromatic nitrogens is 1. The molecule has 0 bridgehead atoms. The average Bonchev–Trinajstić information content (AvgIpc) is 2.33. The smallest absolute Gasteiger partial charge is 0.141 e. The van der Waals surface area contributed by atoms with E-state index in [2.05, 4.69) is 10.3 Å². The van der Waals surface area contributed by atoms with Crippen LogP contribution in [0.1, 0.15) is 25.7 Å². The lowest BCUT2D eigenvalue weighted by atomic mass is 9.92. The summed E-state index contributed by atoms with van der Waals surface area (Å²) in [5.74, 6) is 0.740. The molecule has 2 atom stereocenters. The molecule has 0 radical (unpaired) electrons. The van der Waals surface area contributed by atoms with Gasteiger partial charge in [0.05, 0.1) is 0 Å². The Balaban J connectivity index is 2.05. The Morgan fingerprint density at radius 2 is 2.25 bits per heavy atom. The first-order valence-corrected chi connectivity index (χ1v) is 6.12. The zero-order valence-corrected chi connectivity index (χ0v) is 10.2. The Bertz CT molecular complexity index is 346. The third kappa shape index (κ3) is 2.66. The van der Waals surface area contributed by atoms with E-state index in [1.165, 1.54) is 19.3 Å². The predicted molar refractivity (Wildman–Crippen MR) is 65.0 cm³/mol. The van der Waals surface area contributed by atoms with Crippen molar-refractivity contribution in [3.63, 3.8) is 0 Å². The Morgan fingerprint density at radius 1 is 1.44 bits per heavy atom. The molecule has 0 aliphatic heterocycles. The van der Waals surface area contributed by atoms with E-state index in [9.17, 15) is 0 Å². The van der Waals surface area contributed by atoms with E-state index < -0.39 is 0 Å². The topological polar surface area (TPSA) is 34.1 Å². The number of pyridine rings is 1. The molecule has 4 heteroatoms. The molecular formula is C12H17ClN2O. The van der Waals surface area contributed by atoms with Gasteiger partial charge in [0.2, 0.25) is 0 Å². The average molecular weight is 241 g/mol. The molecule has 1 fully saturated rings. The molecule has 0 saturated heterocycles. The summed E-state index contributed by atoms with van der Waals surface area (Å²) in [6, 6.07) is 2.25. The zero-order chi connectivity index (χ0) is 11.4. The van der Waals surface area contributed by atoms with Gasteiger partial charge in [0, 0.05) is 24.5 Å². The van der Waals surface area contributed by atoms with E-state index in [1.807, 2.05) is 13.1 Å². The molecule has 2 rings (SSSR count). The van der Waals surface area contributed by atoms with E-state index in [1.54, 1.807) is 12.4 Å². The number of nitrogens with zero attached hydrogens (tertiary/aromatic N) is 1. The van der Waals surface area contributed by atoms with Crippen molar-refractivity contribution >= 4 is 11.6 Å². The van der Waals surface area contributed by atoms with Crippen LogP contribution in [0.4, 0.5) is 0 Å². The molecule has 0 amide bonds. The molecule has 1 aromatic rings. The largest absolute Gasteiger partial charge is 0.487 e. The monoisotopic (exact) mass is 240 g/mol. The molecule has 88 valence electrons. The van der Waals surface area contributed by atoms with Crippen molar-refractivity contribution in [2.75, 3.05) is 7.05 Å². The number of hydrogen-bond acceptors (Lipinski definition) is 3. The highest BCUT2D eigenvalue weighted by Crippen LogP contribution is 2.28. The molecule has 1 aliphatic rings. The number of hydrogen-bond donors (Lipinski definition) is 1. The van der Waals surface area contributed by atoms with Gasteiger partial charge in [0.15, 0.2) is 0 Å². The van der Waals surface area contributed by atoms with Gasteiger partial charge in [0.1, 0.15) is 16.9 Å². The summed E-state index contributed by atoms with van der Waals surface area (Å²) in [4.78, 5) is 3.95. The molecule has 0 spiro atoms. The molecule has 1 aromatic heterocycles. The molecule has 2 unspecified atom stereocenters. The van der Waals surface area contributed by atoms with Crippen LogP contribution in [0.25, 0.3) is 0 Å². The van der Waals surface area contributed by atoms with E-state index in [0.717, 1.165) is 12.2 Å². The van der Waals surface area contributed by atoms with Crippen molar-refractivity contribution in [3.05, 3.63) is 23.5 Å². The van der Waals surface area contributed by atoms with Gasteiger partial charge in [-0.05, 0) is 26.3 Å². The van der Waals surface area contributed by atoms with Gasteiger partial charge in [-0.2, -0.15) is 0 Å². The first kappa shape index (κ1) is 11.7. The lowest BCUT2D eigenvalue weighted by Crippen LogP contribution is -2.43. The van der Waals surface area contributed by atoms with Crippen LogP contribution in [0.15, 0.2) is 18.5 Å². The van der Waals surface area contributed by atoms with Gasteiger partial charge in [0.25, 0.3) is 0 Å². The van der Waals surface area contributed by atoms with E-state index in [4.69, 9.17) is 16.3 Å². The van der Waals surface area contributed by atoms with E-state index >= 15 is 0 Å². The number of likely N-dealkylation sites (N-methyl/N-ethyl adjacent to an activating group) is 1. The first-order valence-electron chi connectivity index (χ1n) is 5.74. The number of nitrogens with one attached hydrogen (secondary N) is 1. The lowest BCUT2D eigenvalue weighted by Gasteiger charge is -2.31. The first-order chi connectivity index (χ1) is 7.81. The normalized spacial score (nSPS) is 25.4. The zero-order valence-electron chi connectivity index (χ0n) is 9.45. The second-order valence-corrected chi connectivity index (χ2v) is 4.55. The minimum absolute atomic E-state index is 0.221. The second-order valence-electron chi connectivity index (χ2n) is 4.14. The van der Waals surface area contributed by atoms with Gasteiger partial charge >= 0.3 is 0 Å². The highest BCUT2D eigenvalue weighted by atomic mass is 35.5. The van der Waals surface area contributed by atoms with Crippen LogP contribution in [0.2, 0.25) is 5.02 Å². The highest BCUT2D eigenvalue weighted by molar-refractivity contribution is 6.31. The summed E-state index contributed by atoms with van der Waals surface area (Å²) in [7, 11) is 1.99. The summed E-state index contributed by atoms with van der Waals surface area (Å²) < 4.78 is 5.96. The summed E-state index contributed by atoms with van der Waals surface area (Å²) in [5.41, 5.74) is 0. The number of halogens is 1. The number of rotatable bonds is 3. The minimum atomic E-state index is 0.221. The SMILES string of the molecule is CNC1CCCCC1Oc1ccncc1Cl. The fourth-order valence-corrected chi connectivity index (χ4v) is 2.35. The van der Waals surface area contributed by atoms with Gasteiger partial charge in [-0.3, -0.25) is 4.98 Å². The third-order valence-corrected chi connectivity index (χ3v) is 3.37. The maximum absolute atomic E-state index is 6.03. The van der Waals surface area contributed by atoms with Crippen LogP contribution in [-0.4, -0.2) is 24.2 Å². The Morgan fingerprint density at radius 3 is 3.00 bits per heavy atom. The molecule has 3 nitrogen and oxygen atoms in total. The van der Waals surface area contributed by atoms with Crippen molar-refractivity contribution in [1.29, 1.82) is 0 Å². The second kappa shape index (κ2) is 5.51. The molecular weight excluding hydrogens is 224 g/mol. The molecule has 1 aliphatic carbocycles. The van der Waals surface area contributed by atoms with Crippen molar-refractivity contribution in [2.45, 2.75) is 37.8 Å². The van der Waals surface area contributed by atoms with Crippen molar-refractivity contribution in [1.82, 2.24) is 10.3 Å². The van der Waals surface area contributed by atoms with Gasteiger partial charge in [-0.25, -0.2) is 0 Å². The van der Waals surface area contributed by atoms with Gasteiger partial charge < -0.3 is 10.1 Å². The van der Waals surface area contributed by atoms with Crippen molar-refractivity contribution in [2.24, 2.45) is 0 Å². The Hall–Kier alpha value is -0.800. The maximum atomic E-state index is 6.03. The molecule has 0 aromatic carbocycles. The fraction of sp³-hybridized carbons (Fsp3) is 0.583. The van der Waals surface area contributed by atoms with Gasteiger partial charge in [-0.1, -0.05) is 18.0 Å². The molecule has 1 N–H and O–H groups in total. The quantitative estimate of drug-likeness (QED) is 0.882. The van der Waals surface area contributed by atoms with Crippen LogP contribution in [0.3, 0.4) is 0 Å². The van der Waals surface area contributed by atoms with Crippen molar-refractivity contribution < 1.29 is 4.74 Å². The molecule has 1 saturated carbocycles. The van der Waals surface area contributed by atoms with Crippen LogP contribution < -0.4 is 10.1 Å². The Kier molecular flexibility index (Phi) is 4.02. The summed E-state index contributed by atoms with van der Waals surface area (Å²) in [5, 5.41) is 3.90. The maximum Gasteiger partial charge on any atom is 0.141 e. The summed E-state index contributed by atoms with van der Waals surface area (Å²) >= 11 is 6.03. The van der Waals surface area contributed by atoms with Crippen LogP contribution >= 0.6 is 11.6 Å². The van der Waals surface area contributed by atoms with Crippen molar-refractivity contribution in [3.8, 4) is 5.75 Å². The minimum Gasteiger partial charge on any atom is -0.487 e. The Labute approximate surface area is 101 Å². The van der Waals surface area contributed by atoms with Crippen LogP contribution in [-0.2, 0) is 0 Å². The third-order valence-electron chi connectivity index (χ3n) is 3.09. The summed E-state index contributed by atoms with van der Waals surface area (Å²) in [6.07, 6.45) is 8.31. The van der Waals surface area contributed by atoms with Gasteiger partial charge in [-0.15, -0.1) is 0 Å². The van der Waals surface area contributed by atoms with Crippen LogP contribution in [0.5, 0.6) is 5.75 Å². The summed E-state index contributed by atoms with van der Waals surface area (Å²) in [6.45, 7) is 0. The predicted octanol–water partition coefficient (Wildman–Crippen LogP) is 2.64. The standard InChI is InChI=1S/C12H17ClN2O/c1-14-10-4-2-3-5-12(10)16-11-6-7-15-8-9(11)13/h6-8,10,12,14H,2-5H2,1H3.